The monoisotopic (exact) mass is 277 g/mol. The lowest BCUT2D eigenvalue weighted by molar-refractivity contribution is 0.481. The fourth-order valence-corrected chi connectivity index (χ4v) is 1.87. The Morgan fingerprint density at radius 2 is 1.89 bits per heavy atom. The second-order valence-corrected chi connectivity index (χ2v) is 7.18. The fraction of sp³-hybridized carbons (Fsp3) is 0.917. The van der Waals surface area contributed by atoms with Crippen LogP contribution in [0, 0.1) is 5.92 Å². The fourth-order valence-electron chi connectivity index (χ4n) is 1.22. The summed E-state index contributed by atoms with van der Waals surface area (Å²) < 4.78 is 22.0. The van der Waals surface area contributed by atoms with Crippen molar-refractivity contribution in [3.8, 4) is 0 Å². The Bertz CT molecular complexity index is 350. The van der Waals surface area contributed by atoms with Crippen LogP contribution in [0.1, 0.15) is 34.1 Å². The summed E-state index contributed by atoms with van der Waals surface area (Å²) in [6, 6.07) is 0.331. The maximum atomic E-state index is 11.0. The molecule has 5 nitrogen and oxygen atoms in total. The van der Waals surface area contributed by atoms with Gasteiger partial charge in [0.1, 0.15) is 9.84 Å². The normalized spacial score (nSPS) is 14.7. The summed E-state index contributed by atoms with van der Waals surface area (Å²) in [6.45, 7) is 9.72. The molecule has 1 atom stereocenters. The molecule has 0 bridgehead atoms. The van der Waals surface area contributed by atoms with Crippen molar-refractivity contribution in [1.82, 2.24) is 10.6 Å². The van der Waals surface area contributed by atoms with Crippen LogP contribution >= 0.6 is 0 Å². The second-order valence-electron chi connectivity index (χ2n) is 4.92. The number of rotatable bonds is 7. The van der Waals surface area contributed by atoms with E-state index in [4.69, 9.17) is 0 Å². The molecule has 0 spiro atoms. The van der Waals surface area contributed by atoms with Crippen LogP contribution in [0.4, 0.5) is 0 Å². The summed E-state index contributed by atoms with van der Waals surface area (Å²) >= 11 is 0. The highest BCUT2D eigenvalue weighted by Crippen LogP contribution is 1.99. The molecule has 0 aromatic carbocycles. The number of nitrogens with zero attached hydrogens (tertiary/aromatic N) is 1. The first kappa shape index (κ1) is 17.2. The molecule has 0 saturated heterocycles. The van der Waals surface area contributed by atoms with Crippen LogP contribution in [0.15, 0.2) is 4.99 Å². The van der Waals surface area contributed by atoms with Crippen LogP contribution in [-0.2, 0) is 9.84 Å². The van der Waals surface area contributed by atoms with Gasteiger partial charge in [-0.1, -0.05) is 13.8 Å². The molecule has 0 saturated carbocycles. The number of hydrogen-bond donors (Lipinski definition) is 2. The van der Waals surface area contributed by atoms with Crippen molar-refractivity contribution >= 4 is 15.8 Å². The lowest BCUT2D eigenvalue weighted by Crippen LogP contribution is -2.44. The molecular formula is C12H27N3O2S. The van der Waals surface area contributed by atoms with Crippen LogP contribution in [0.3, 0.4) is 0 Å². The van der Waals surface area contributed by atoms with Gasteiger partial charge in [0.25, 0.3) is 0 Å². The van der Waals surface area contributed by atoms with Crippen molar-refractivity contribution in [2.24, 2.45) is 10.9 Å². The smallest absolute Gasteiger partial charge is 0.191 e. The lowest BCUT2D eigenvalue weighted by Gasteiger charge is -2.20. The van der Waals surface area contributed by atoms with Gasteiger partial charge in [0.05, 0.1) is 5.75 Å². The predicted molar refractivity (Wildman–Crippen MR) is 77.7 cm³/mol. The SMILES string of the molecule is CCNC(=NCCCS(C)(=O)=O)NC(C)C(C)C. The molecule has 0 heterocycles. The minimum atomic E-state index is -2.88. The number of guanidine groups is 1. The predicted octanol–water partition coefficient (Wildman–Crippen LogP) is 1.02. The molecule has 0 aromatic rings. The van der Waals surface area contributed by atoms with Gasteiger partial charge in [-0.25, -0.2) is 8.42 Å². The lowest BCUT2D eigenvalue weighted by atomic mass is 10.1. The van der Waals surface area contributed by atoms with Crippen LogP contribution in [0.25, 0.3) is 0 Å². The molecular weight excluding hydrogens is 250 g/mol. The summed E-state index contributed by atoms with van der Waals surface area (Å²) in [5, 5.41) is 6.46. The minimum Gasteiger partial charge on any atom is -0.357 e. The van der Waals surface area contributed by atoms with Gasteiger partial charge in [0.2, 0.25) is 0 Å². The summed E-state index contributed by atoms with van der Waals surface area (Å²) in [4.78, 5) is 4.37. The van der Waals surface area contributed by atoms with Crippen molar-refractivity contribution in [1.29, 1.82) is 0 Å². The van der Waals surface area contributed by atoms with Crippen molar-refractivity contribution in [3.05, 3.63) is 0 Å². The van der Waals surface area contributed by atoms with E-state index in [1.165, 1.54) is 6.26 Å². The third-order valence-corrected chi connectivity index (χ3v) is 3.68. The van der Waals surface area contributed by atoms with E-state index < -0.39 is 9.84 Å². The summed E-state index contributed by atoms with van der Waals surface area (Å²) in [5.74, 6) is 1.47. The van der Waals surface area contributed by atoms with Gasteiger partial charge < -0.3 is 10.6 Å². The van der Waals surface area contributed by atoms with Crippen LogP contribution in [0.5, 0.6) is 0 Å². The molecule has 0 aliphatic carbocycles. The van der Waals surface area contributed by atoms with Crippen LogP contribution in [-0.4, -0.2) is 45.5 Å². The molecule has 0 amide bonds. The third-order valence-electron chi connectivity index (χ3n) is 2.65. The molecule has 0 aliphatic rings. The van der Waals surface area contributed by atoms with E-state index in [2.05, 4.69) is 36.4 Å². The highest BCUT2D eigenvalue weighted by Gasteiger charge is 2.08. The Kier molecular flexibility index (Phi) is 7.98. The molecule has 0 radical (unpaired) electrons. The molecule has 0 rings (SSSR count). The Morgan fingerprint density at radius 1 is 1.28 bits per heavy atom. The number of aliphatic imine (C=N–C) groups is 1. The van der Waals surface area contributed by atoms with E-state index in [1.54, 1.807) is 0 Å². The van der Waals surface area contributed by atoms with E-state index in [0.29, 0.717) is 24.9 Å². The van der Waals surface area contributed by atoms with Gasteiger partial charge in [-0.15, -0.1) is 0 Å². The first-order valence-electron chi connectivity index (χ1n) is 6.48. The molecule has 6 heteroatoms. The number of sulfone groups is 1. The average Bonchev–Trinajstić information content (AvgIpc) is 2.22. The highest BCUT2D eigenvalue weighted by atomic mass is 32.2. The van der Waals surface area contributed by atoms with E-state index >= 15 is 0 Å². The Morgan fingerprint density at radius 3 is 2.33 bits per heavy atom. The van der Waals surface area contributed by atoms with E-state index in [1.807, 2.05) is 6.92 Å². The topological polar surface area (TPSA) is 70.6 Å². The largest absolute Gasteiger partial charge is 0.357 e. The van der Waals surface area contributed by atoms with Crippen molar-refractivity contribution < 1.29 is 8.42 Å². The zero-order valence-corrected chi connectivity index (χ0v) is 13.0. The highest BCUT2D eigenvalue weighted by molar-refractivity contribution is 7.90. The van der Waals surface area contributed by atoms with E-state index in [0.717, 1.165) is 12.5 Å². The van der Waals surface area contributed by atoms with Gasteiger partial charge in [0.15, 0.2) is 5.96 Å². The van der Waals surface area contributed by atoms with Crippen molar-refractivity contribution in [3.63, 3.8) is 0 Å². The van der Waals surface area contributed by atoms with Gasteiger partial charge >= 0.3 is 0 Å². The summed E-state index contributed by atoms with van der Waals surface area (Å²) in [7, 11) is -2.88. The molecule has 108 valence electrons. The van der Waals surface area contributed by atoms with Gasteiger partial charge in [-0.2, -0.15) is 0 Å². The summed E-state index contributed by atoms with van der Waals surface area (Å²) in [6.07, 6.45) is 1.81. The number of hydrogen-bond acceptors (Lipinski definition) is 3. The Labute approximate surface area is 111 Å². The number of nitrogens with one attached hydrogen (secondary N) is 2. The summed E-state index contributed by atoms with van der Waals surface area (Å²) in [5.41, 5.74) is 0. The quantitative estimate of drug-likeness (QED) is 0.414. The first-order valence-corrected chi connectivity index (χ1v) is 8.55. The molecule has 18 heavy (non-hydrogen) atoms. The molecule has 2 N–H and O–H groups in total. The third kappa shape index (κ3) is 9.27. The molecule has 0 aromatic heterocycles. The van der Waals surface area contributed by atoms with E-state index in [9.17, 15) is 8.42 Å². The van der Waals surface area contributed by atoms with E-state index in [-0.39, 0.29) is 5.75 Å². The maximum absolute atomic E-state index is 11.0. The van der Waals surface area contributed by atoms with Gasteiger partial charge in [-0.3, -0.25) is 4.99 Å². The van der Waals surface area contributed by atoms with Gasteiger partial charge in [-0.05, 0) is 26.2 Å². The Hall–Kier alpha value is -0.780. The maximum Gasteiger partial charge on any atom is 0.191 e. The van der Waals surface area contributed by atoms with Crippen LogP contribution < -0.4 is 10.6 Å². The zero-order chi connectivity index (χ0) is 14.2. The van der Waals surface area contributed by atoms with Crippen LogP contribution in [0.2, 0.25) is 0 Å². The van der Waals surface area contributed by atoms with Crippen molar-refractivity contribution in [2.75, 3.05) is 25.1 Å². The first-order chi connectivity index (χ1) is 8.26. The molecule has 0 fully saturated rings. The standard InChI is InChI=1S/C12H27N3O2S/c1-6-13-12(15-11(4)10(2)3)14-8-7-9-18(5,16)17/h10-11H,6-9H2,1-5H3,(H2,13,14,15). The minimum absolute atomic E-state index is 0.190. The molecule has 0 aliphatic heterocycles. The molecule has 1 unspecified atom stereocenters. The van der Waals surface area contributed by atoms with Gasteiger partial charge in [0, 0.05) is 25.4 Å². The zero-order valence-electron chi connectivity index (χ0n) is 12.2. The average molecular weight is 277 g/mol. The van der Waals surface area contributed by atoms with Crippen molar-refractivity contribution in [2.45, 2.75) is 40.2 Å². The Balaban J connectivity index is 4.23. The second kappa shape index (κ2) is 8.34.